The first-order valence-corrected chi connectivity index (χ1v) is 9.23. The van der Waals surface area contributed by atoms with Gasteiger partial charge in [-0.05, 0) is 50.6 Å². The van der Waals surface area contributed by atoms with E-state index in [9.17, 15) is 22.8 Å². The molecule has 0 spiro atoms. The van der Waals surface area contributed by atoms with E-state index in [4.69, 9.17) is 0 Å². The van der Waals surface area contributed by atoms with Gasteiger partial charge in [-0.1, -0.05) is 30.3 Å². The number of hydrogen-bond acceptors (Lipinski definition) is 3. The summed E-state index contributed by atoms with van der Waals surface area (Å²) < 4.78 is 40.3. The lowest BCUT2D eigenvalue weighted by molar-refractivity contribution is -0.137. The molecule has 2 aromatic carbocycles. The summed E-state index contributed by atoms with van der Waals surface area (Å²) in [6.45, 7) is 4.83. The average Bonchev–Trinajstić information content (AvgIpc) is 3.01. The molecule has 3 aromatic rings. The van der Waals surface area contributed by atoms with E-state index in [1.807, 2.05) is 30.3 Å². The maximum Gasteiger partial charge on any atom is 0.416 e. The van der Waals surface area contributed by atoms with E-state index in [1.54, 1.807) is 18.5 Å². The van der Waals surface area contributed by atoms with Crippen molar-refractivity contribution in [2.45, 2.75) is 33.0 Å². The fraction of sp³-hybridized carbons (Fsp3) is 0.227. The molecule has 0 fully saturated rings. The van der Waals surface area contributed by atoms with Gasteiger partial charge in [-0.2, -0.15) is 18.3 Å². The normalized spacial score (nSPS) is 12.5. The molecule has 1 heterocycles. The predicted octanol–water partition coefficient (Wildman–Crippen LogP) is 4.57. The topological polar surface area (TPSA) is 64.0 Å². The molecular formula is C22H20F3N3O2. The lowest BCUT2D eigenvalue weighted by atomic mass is 10.0. The zero-order valence-electron chi connectivity index (χ0n) is 16.6. The number of aryl methyl sites for hydroxylation is 1. The number of nitrogens with zero attached hydrogens (tertiary/aromatic N) is 2. The minimum atomic E-state index is -4.49. The van der Waals surface area contributed by atoms with Crippen LogP contribution >= 0.6 is 0 Å². The highest BCUT2D eigenvalue weighted by Gasteiger charge is 2.31. The third kappa shape index (κ3) is 4.27. The molecule has 156 valence electrons. The van der Waals surface area contributed by atoms with E-state index in [1.165, 1.54) is 19.1 Å². The predicted molar refractivity (Wildman–Crippen MR) is 105 cm³/mol. The van der Waals surface area contributed by atoms with Gasteiger partial charge in [0.2, 0.25) is 0 Å². The number of ketones is 1. The van der Waals surface area contributed by atoms with Crippen molar-refractivity contribution in [3.8, 4) is 5.69 Å². The molecular weight excluding hydrogens is 395 g/mol. The quantitative estimate of drug-likeness (QED) is 0.491. The molecule has 5 nitrogen and oxygen atoms in total. The van der Waals surface area contributed by atoms with Gasteiger partial charge < -0.3 is 5.32 Å². The van der Waals surface area contributed by atoms with Crippen LogP contribution in [-0.4, -0.2) is 21.5 Å². The fourth-order valence-electron chi connectivity index (χ4n) is 3.24. The number of aromatic nitrogens is 2. The van der Waals surface area contributed by atoms with Gasteiger partial charge in [0.05, 0.1) is 34.2 Å². The number of carbonyl (C=O) groups excluding carboxylic acids is 2. The van der Waals surface area contributed by atoms with E-state index < -0.39 is 29.5 Å². The number of benzene rings is 2. The van der Waals surface area contributed by atoms with Gasteiger partial charge in [0.25, 0.3) is 11.7 Å². The summed E-state index contributed by atoms with van der Waals surface area (Å²) >= 11 is 0. The van der Waals surface area contributed by atoms with Crippen molar-refractivity contribution in [1.82, 2.24) is 15.1 Å². The number of hydrogen-bond donors (Lipinski definition) is 1. The van der Waals surface area contributed by atoms with Gasteiger partial charge in [0, 0.05) is 0 Å². The number of Topliss-reactive ketones (excluding diaryl/α,β-unsaturated/α-hetero) is 1. The molecule has 0 bridgehead atoms. The van der Waals surface area contributed by atoms with Gasteiger partial charge >= 0.3 is 6.18 Å². The summed E-state index contributed by atoms with van der Waals surface area (Å²) in [5, 5.41) is 6.83. The van der Waals surface area contributed by atoms with Crippen LogP contribution in [0.25, 0.3) is 5.69 Å². The number of halogens is 3. The third-order valence-corrected chi connectivity index (χ3v) is 4.79. The Morgan fingerprint density at radius 3 is 2.33 bits per heavy atom. The number of para-hydroxylation sites is 1. The van der Waals surface area contributed by atoms with Crippen molar-refractivity contribution in [3.63, 3.8) is 0 Å². The SMILES string of the molecule is Cc1nn(-c2ccccc2)c(C)c1C(=O)C(=O)NC(C)c1cccc(C(F)(F)F)c1. The van der Waals surface area contributed by atoms with E-state index in [2.05, 4.69) is 10.4 Å². The summed E-state index contributed by atoms with van der Waals surface area (Å²) in [5.41, 5.74) is 1.25. The van der Waals surface area contributed by atoms with Crippen LogP contribution in [0.3, 0.4) is 0 Å². The number of carbonyl (C=O) groups is 2. The molecule has 0 aliphatic rings. The fourth-order valence-corrected chi connectivity index (χ4v) is 3.24. The second-order valence-corrected chi connectivity index (χ2v) is 6.94. The zero-order chi connectivity index (χ0) is 22.1. The standard InChI is InChI=1S/C22H20F3N3O2/c1-13(16-8-7-9-17(12-16)22(23,24)25)26-21(30)20(29)19-14(2)27-28(15(19)3)18-10-5-4-6-11-18/h4-13H,1-3H3,(H,26,30). The molecule has 30 heavy (non-hydrogen) atoms. The molecule has 0 saturated carbocycles. The minimum Gasteiger partial charge on any atom is -0.343 e. The highest BCUT2D eigenvalue weighted by atomic mass is 19.4. The van der Waals surface area contributed by atoms with Gasteiger partial charge in [-0.25, -0.2) is 4.68 Å². The molecule has 8 heteroatoms. The molecule has 0 aliphatic heterocycles. The molecule has 0 radical (unpaired) electrons. The number of alkyl halides is 3. The Morgan fingerprint density at radius 1 is 1.03 bits per heavy atom. The van der Waals surface area contributed by atoms with E-state index in [0.717, 1.165) is 17.8 Å². The maximum absolute atomic E-state index is 12.9. The van der Waals surface area contributed by atoms with Crippen molar-refractivity contribution >= 4 is 11.7 Å². The number of amides is 1. The highest BCUT2D eigenvalue weighted by molar-refractivity contribution is 6.43. The monoisotopic (exact) mass is 415 g/mol. The van der Waals surface area contributed by atoms with Crippen LogP contribution in [0.4, 0.5) is 13.2 Å². The maximum atomic E-state index is 12.9. The molecule has 0 saturated heterocycles. The summed E-state index contributed by atoms with van der Waals surface area (Å²) in [5.74, 6) is -1.69. The summed E-state index contributed by atoms with van der Waals surface area (Å²) in [7, 11) is 0. The van der Waals surface area contributed by atoms with Crippen LogP contribution in [0, 0.1) is 13.8 Å². The van der Waals surface area contributed by atoms with Crippen LogP contribution in [-0.2, 0) is 11.0 Å². The van der Waals surface area contributed by atoms with Gasteiger partial charge in [0.1, 0.15) is 0 Å². The second kappa shape index (κ2) is 8.14. The second-order valence-electron chi connectivity index (χ2n) is 6.94. The number of rotatable bonds is 5. The van der Waals surface area contributed by atoms with Gasteiger partial charge in [0.15, 0.2) is 0 Å². The Bertz CT molecular complexity index is 1090. The first-order valence-electron chi connectivity index (χ1n) is 9.23. The van der Waals surface area contributed by atoms with Crippen molar-refractivity contribution in [2.75, 3.05) is 0 Å². The highest BCUT2D eigenvalue weighted by Crippen LogP contribution is 2.30. The van der Waals surface area contributed by atoms with E-state index in [0.29, 0.717) is 11.4 Å². The van der Waals surface area contributed by atoms with Crippen molar-refractivity contribution in [2.24, 2.45) is 0 Å². The Kier molecular flexibility index (Phi) is 5.78. The Balaban J connectivity index is 1.82. The molecule has 1 aromatic heterocycles. The first kappa shape index (κ1) is 21.3. The zero-order valence-corrected chi connectivity index (χ0v) is 16.6. The van der Waals surface area contributed by atoms with Crippen LogP contribution in [0.15, 0.2) is 54.6 Å². The van der Waals surface area contributed by atoms with Crippen molar-refractivity contribution in [3.05, 3.63) is 82.7 Å². The van der Waals surface area contributed by atoms with Gasteiger partial charge in [-0.15, -0.1) is 0 Å². The summed E-state index contributed by atoms with van der Waals surface area (Å²) in [6, 6.07) is 13.0. The Morgan fingerprint density at radius 2 is 1.70 bits per heavy atom. The molecule has 0 aliphatic carbocycles. The van der Waals surface area contributed by atoms with Crippen LogP contribution < -0.4 is 5.32 Å². The van der Waals surface area contributed by atoms with Crippen LogP contribution in [0.1, 0.15) is 45.8 Å². The first-order chi connectivity index (χ1) is 14.1. The molecule has 1 N–H and O–H groups in total. The van der Waals surface area contributed by atoms with Crippen molar-refractivity contribution < 1.29 is 22.8 Å². The number of nitrogens with one attached hydrogen (secondary N) is 1. The van der Waals surface area contributed by atoms with Gasteiger partial charge in [-0.3, -0.25) is 9.59 Å². The van der Waals surface area contributed by atoms with Crippen molar-refractivity contribution in [1.29, 1.82) is 0 Å². The Labute approximate surface area is 171 Å². The van der Waals surface area contributed by atoms with Crippen LogP contribution in [0.2, 0.25) is 0 Å². The molecule has 1 atom stereocenters. The summed E-state index contributed by atoms with van der Waals surface area (Å²) in [6.07, 6.45) is -4.49. The van der Waals surface area contributed by atoms with Crippen LogP contribution in [0.5, 0.6) is 0 Å². The molecule has 1 unspecified atom stereocenters. The third-order valence-electron chi connectivity index (χ3n) is 4.79. The Hall–Kier alpha value is -3.42. The van der Waals surface area contributed by atoms with E-state index in [-0.39, 0.29) is 11.1 Å². The molecule has 3 rings (SSSR count). The minimum absolute atomic E-state index is 0.174. The molecule has 1 amide bonds. The summed E-state index contributed by atoms with van der Waals surface area (Å²) in [4.78, 5) is 25.3. The van der Waals surface area contributed by atoms with E-state index >= 15 is 0 Å². The lowest BCUT2D eigenvalue weighted by Gasteiger charge is -2.16. The average molecular weight is 415 g/mol. The largest absolute Gasteiger partial charge is 0.416 e. The lowest BCUT2D eigenvalue weighted by Crippen LogP contribution is -2.33. The smallest absolute Gasteiger partial charge is 0.343 e.